The van der Waals surface area contributed by atoms with Crippen LogP contribution in [-0.2, 0) is 5.41 Å². The number of likely N-dealkylation sites (N-methyl/N-ethyl adjacent to an activating group) is 1. The van der Waals surface area contributed by atoms with Gasteiger partial charge in [-0.2, -0.15) is 15.2 Å². The third-order valence-electron chi connectivity index (χ3n) is 3.94. The van der Waals surface area contributed by atoms with E-state index in [-0.39, 0.29) is 17.2 Å². The molecule has 0 saturated heterocycles. The van der Waals surface area contributed by atoms with Crippen molar-refractivity contribution in [2.24, 2.45) is 5.10 Å². The van der Waals surface area contributed by atoms with Crippen molar-refractivity contribution in [2.45, 2.75) is 52.5 Å². The topological polar surface area (TPSA) is 39.1 Å². The van der Waals surface area contributed by atoms with E-state index in [9.17, 15) is 5.11 Å². The number of hydrogen-bond donors (Lipinski definition) is 1. The molecule has 130 valence electrons. The minimum atomic E-state index is 0.0282. The van der Waals surface area contributed by atoms with E-state index in [2.05, 4.69) is 45.8 Å². The molecule has 24 heavy (non-hydrogen) atoms. The lowest BCUT2D eigenvalue weighted by atomic mass is 9.87. The van der Waals surface area contributed by atoms with Crippen molar-refractivity contribution in [1.29, 1.82) is 0 Å². The monoisotopic (exact) mass is 327 g/mol. The van der Waals surface area contributed by atoms with Crippen LogP contribution in [-0.4, -0.2) is 28.9 Å². The van der Waals surface area contributed by atoms with Gasteiger partial charge in [-0.25, -0.2) is 0 Å². The first kappa shape index (κ1) is 18.3. The van der Waals surface area contributed by atoms with Gasteiger partial charge >= 0.3 is 0 Å². The zero-order valence-corrected chi connectivity index (χ0v) is 15.6. The number of hydrazone groups is 1. The molecule has 1 unspecified atom stereocenters. The molecule has 0 amide bonds. The molecule has 1 aliphatic carbocycles. The predicted molar refractivity (Wildman–Crippen MR) is 103 cm³/mol. The van der Waals surface area contributed by atoms with Gasteiger partial charge in [-0.3, -0.25) is 0 Å². The van der Waals surface area contributed by atoms with Gasteiger partial charge in [0.25, 0.3) is 0 Å². The molecule has 4 heteroatoms. The van der Waals surface area contributed by atoms with Gasteiger partial charge in [-0.15, -0.1) is 0 Å². The highest BCUT2D eigenvalue weighted by Crippen LogP contribution is 2.36. The summed E-state index contributed by atoms with van der Waals surface area (Å²) in [6.45, 7) is 10.7. The van der Waals surface area contributed by atoms with E-state index in [0.717, 1.165) is 5.71 Å². The molecule has 0 saturated carbocycles. The Bertz CT molecular complexity index is 668. The Morgan fingerprint density at radius 3 is 2.42 bits per heavy atom. The number of hydrogen-bond acceptors (Lipinski definition) is 4. The van der Waals surface area contributed by atoms with Crippen molar-refractivity contribution in [3.05, 3.63) is 48.1 Å². The van der Waals surface area contributed by atoms with E-state index in [4.69, 9.17) is 0 Å². The first-order chi connectivity index (χ1) is 11.3. The third kappa shape index (κ3) is 3.70. The molecule has 1 aromatic rings. The Morgan fingerprint density at radius 2 is 1.83 bits per heavy atom. The lowest BCUT2D eigenvalue weighted by Gasteiger charge is -2.28. The number of anilines is 1. The minimum Gasteiger partial charge on any atom is -0.506 e. The molecule has 3 rings (SSSR count). The van der Waals surface area contributed by atoms with E-state index < -0.39 is 0 Å². The lowest BCUT2D eigenvalue weighted by Crippen LogP contribution is -2.39. The van der Waals surface area contributed by atoms with Crippen molar-refractivity contribution in [3.8, 4) is 5.75 Å². The van der Waals surface area contributed by atoms with Crippen LogP contribution in [0.25, 0.3) is 0 Å². The molecule has 1 atom stereocenters. The van der Waals surface area contributed by atoms with Gasteiger partial charge in [0, 0.05) is 7.05 Å². The number of phenolic OH excluding ortho intramolecular Hbond substituents is 1. The molecule has 0 spiro atoms. The molecule has 4 nitrogen and oxygen atoms in total. The van der Waals surface area contributed by atoms with Gasteiger partial charge < -0.3 is 5.11 Å². The van der Waals surface area contributed by atoms with Gasteiger partial charge in [-0.05, 0) is 29.2 Å². The van der Waals surface area contributed by atoms with Crippen molar-refractivity contribution in [2.75, 3.05) is 12.2 Å². The number of aromatic hydroxyl groups is 1. The smallest absolute Gasteiger partial charge is 0.142 e. The summed E-state index contributed by atoms with van der Waals surface area (Å²) in [6.07, 6.45) is 9.36. The molecule has 1 N–H and O–H groups in total. The molecule has 0 fully saturated rings. The molecule has 1 aromatic carbocycles. The summed E-state index contributed by atoms with van der Waals surface area (Å²) in [7, 11) is 1.98. The summed E-state index contributed by atoms with van der Waals surface area (Å²) in [5.41, 5.74) is 2.90. The van der Waals surface area contributed by atoms with Crippen LogP contribution in [0.2, 0.25) is 0 Å². The molecule has 0 aromatic heterocycles. The van der Waals surface area contributed by atoms with E-state index in [0.29, 0.717) is 5.69 Å². The SMILES string of the molecule is CCC.CN1C2C=CC=CC2=NN1c1cc(C(C)(C)C)ccc1O. The van der Waals surface area contributed by atoms with Crippen LogP contribution in [0.5, 0.6) is 5.75 Å². The second kappa shape index (κ2) is 7.22. The maximum absolute atomic E-state index is 10.2. The molecule has 1 aliphatic heterocycles. The van der Waals surface area contributed by atoms with Crippen LogP contribution in [0.1, 0.15) is 46.6 Å². The van der Waals surface area contributed by atoms with Crippen LogP contribution >= 0.6 is 0 Å². The van der Waals surface area contributed by atoms with E-state index in [1.807, 2.05) is 42.4 Å². The zero-order valence-electron chi connectivity index (χ0n) is 15.6. The van der Waals surface area contributed by atoms with E-state index in [1.54, 1.807) is 11.2 Å². The number of hydrazine groups is 1. The highest BCUT2D eigenvalue weighted by atomic mass is 16.3. The number of fused-ring (bicyclic) bond motifs is 1. The summed E-state index contributed by atoms with van der Waals surface area (Å²) >= 11 is 0. The standard InChI is InChI=1S/C17H21N3O.C3H8/c1-17(2,3)12-9-10-16(21)15(11-12)20-18-13-7-5-6-8-14(13)19(20)4;1-3-2/h5-11,14,21H,1-4H3;3H2,1-2H3. The number of allylic oxidation sites excluding steroid dienone is 2. The molecular formula is C20H29N3O. The fourth-order valence-electron chi connectivity index (χ4n) is 2.60. The number of nitrogens with zero attached hydrogens (tertiary/aromatic N) is 3. The first-order valence-corrected chi connectivity index (χ1v) is 8.59. The number of rotatable bonds is 1. The van der Waals surface area contributed by atoms with Crippen LogP contribution in [0.3, 0.4) is 0 Å². The quantitative estimate of drug-likeness (QED) is 0.818. The summed E-state index contributed by atoms with van der Waals surface area (Å²) in [5.74, 6) is 0.241. The molecule has 0 bridgehead atoms. The van der Waals surface area contributed by atoms with Gasteiger partial charge in [-0.1, -0.05) is 65.3 Å². The maximum atomic E-state index is 10.2. The Kier molecular flexibility index (Phi) is 5.50. The lowest BCUT2D eigenvalue weighted by molar-refractivity contribution is 0.327. The zero-order chi connectivity index (χ0) is 17.9. The minimum absolute atomic E-state index is 0.0282. The van der Waals surface area contributed by atoms with Crippen LogP contribution < -0.4 is 5.12 Å². The van der Waals surface area contributed by atoms with Gasteiger partial charge in [0.05, 0.1) is 11.8 Å². The Morgan fingerprint density at radius 1 is 1.17 bits per heavy atom. The normalized spacial score (nSPS) is 19.7. The van der Waals surface area contributed by atoms with Crippen molar-refractivity contribution in [1.82, 2.24) is 5.01 Å². The first-order valence-electron chi connectivity index (χ1n) is 8.59. The van der Waals surface area contributed by atoms with Gasteiger partial charge in [0.15, 0.2) is 0 Å². The summed E-state index contributed by atoms with van der Waals surface area (Å²) < 4.78 is 0. The Balaban J connectivity index is 0.000000647. The average molecular weight is 327 g/mol. The van der Waals surface area contributed by atoms with Crippen molar-refractivity contribution >= 4 is 11.4 Å². The fourth-order valence-corrected chi connectivity index (χ4v) is 2.60. The van der Waals surface area contributed by atoms with E-state index >= 15 is 0 Å². The molecular weight excluding hydrogens is 298 g/mol. The second-order valence-corrected chi connectivity index (χ2v) is 7.24. The van der Waals surface area contributed by atoms with E-state index in [1.165, 1.54) is 12.0 Å². The highest BCUT2D eigenvalue weighted by Gasteiger charge is 2.32. The van der Waals surface area contributed by atoms with Crippen LogP contribution in [0, 0.1) is 0 Å². The maximum Gasteiger partial charge on any atom is 0.142 e. The second-order valence-electron chi connectivity index (χ2n) is 7.24. The van der Waals surface area contributed by atoms with Gasteiger partial charge in [0.2, 0.25) is 0 Å². The Hall–Kier alpha value is -2.07. The molecule has 0 radical (unpaired) electrons. The van der Waals surface area contributed by atoms with Crippen LogP contribution in [0.4, 0.5) is 5.69 Å². The van der Waals surface area contributed by atoms with Gasteiger partial charge in [0.1, 0.15) is 11.4 Å². The largest absolute Gasteiger partial charge is 0.506 e. The highest BCUT2D eigenvalue weighted by molar-refractivity contribution is 6.03. The molecule has 1 heterocycles. The summed E-state index contributed by atoms with van der Waals surface area (Å²) in [4.78, 5) is 0. The number of phenols is 1. The summed E-state index contributed by atoms with van der Waals surface area (Å²) in [5, 5.41) is 18.7. The fraction of sp³-hybridized carbons (Fsp3) is 0.450. The predicted octanol–water partition coefficient (Wildman–Crippen LogP) is 4.62. The molecule has 2 aliphatic rings. The van der Waals surface area contributed by atoms with Crippen molar-refractivity contribution < 1.29 is 5.11 Å². The average Bonchev–Trinajstić information content (AvgIpc) is 2.85. The third-order valence-corrected chi connectivity index (χ3v) is 3.94. The van der Waals surface area contributed by atoms with Crippen LogP contribution in [0.15, 0.2) is 47.6 Å². The Labute approximate surface area is 145 Å². The summed E-state index contributed by atoms with van der Waals surface area (Å²) in [6, 6.07) is 5.86. The number of benzene rings is 1. The van der Waals surface area contributed by atoms with Crippen molar-refractivity contribution in [3.63, 3.8) is 0 Å².